The molecule has 0 aromatic heterocycles. The summed E-state index contributed by atoms with van der Waals surface area (Å²) < 4.78 is 38.9. The maximum absolute atomic E-state index is 10.6. The largest absolute Gasteiger partial charge is 0.412 e. The van der Waals surface area contributed by atoms with E-state index >= 15 is 0 Å². The van der Waals surface area contributed by atoms with Gasteiger partial charge < -0.3 is 24.9 Å². The molecule has 0 aliphatic rings. The van der Waals surface area contributed by atoms with Gasteiger partial charge in [0, 0.05) is 14.2 Å². The molecule has 0 aromatic rings. The third-order valence-corrected chi connectivity index (χ3v) is 4.85. The van der Waals surface area contributed by atoms with Crippen molar-refractivity contribution in [1.82, 2.24) is 10.2 Å². The maximum Gasteiger partial charge on any atom is 0.412 e. The third kappa shape index (κ3) is 14.4. The Labute approximate surface area is 104 Å². The van der Waals surface area contributed by atoms with Gasteiger partial charge in [-0.05, 0) is 7.05 Å². The molecule has 18 heavy (non-hydrogen) atoms. The first-order valence-corrected chi connectivity index (χ1v) is 9.10. The van der Waals surface area contributed by atoms with Gasteiger partial charge in [0.25, 0.3) is 0 Å². The van der Waals surface area contributed by atoms with Gasteiger partial charge in [-0.15, -0.1) is 4.86 Å². The van der Waals surface area contributed by atoms with Gasteiger partial charge in [0.2, 0.25) is 0 Å². The van der Waals surface area contributed by atoms with Crippen LogP contribution in [0.3, 0.4) is 0 Å². The van der Waals surface area contributed by atoms with Crippen LogP contribution in [0, 0.1) is 0 Å². The van der Waals surface area contributed by atoms with E-state index in [1.165, 1.54) is 11.9 Å². The van der Waals surface area contributed by atoms with Crippen molar-refractivity contribution in [1.29, 1.82) is 0 Å². The Kier molecular flexibility index (Phi) is 9.79. The summed E-state index contributed by atoms with van der Waals surface area (Å²) in [6, 6.07) is 0. The zero-order chi connectivity index (χ0) is 15.0. The molecule has 0 radical (unpaired) electrons. The molecule has 6 N–H and O–H groups in total. The molecule has 0 aliphatic carbocycles. The minimum Gasteiger partial charge on any atom is -0.324 e. The minimum atomic E-state index is -4.20. The van der Waals surface area contributed by atoms with Crippen LogP contribution in [0.1, 0.15) is 0 Å². The van der Waals surface area contributed by atoms with Crippen LogP contribution < -0.4 is 10.2 Å². The van der Waals surface area contributed by atoms with E-state index in [1.54, 1.807) is 0 Å². The lowest BCUT2D eigenvalue weighted by atomic mass is 11.3. The molecule has 0 saturated heterocycles. The Morgan fingerprint density at radius 2 is 1.28 bits per heavy atom. The fourth-order valence-corrected chi connectivity index (χ4v) is 2.79. The monoisotopic (exact) mass is 330 g/mol. The van der Waals surface area contributed by atoms with Crippen LogP contribution in [-0.2, 0) is 22.7 Å². The van der Waals surface area contributed by atoms with Crippen molar-refractivity contribution in [3.8, 4) is 0 Å². The summed E-state index contributed by atoms with van der Waals surface area (Å²) in [5.74, 6) is 0. The van der Waals surface area contributed by atoms with E-state index in [4.69, 9.17) is 19.6 Å². The molecule has 0 aliphatic heterocycles. The Balaban J connectivity index is 0. The second-order valence-electron chi connectivity index (χ2n) is 2.68. The summed E-state index contributed by atoms with van der Waals surface area (Å²) >= 11 is 0. The van der Waals surface area contributed by atoms with Crippen LogP contribution >= 0.6 is 23.1 Å². The highest BCUT2D eigenvalue weighted by Gasteiger charge is 2.29. The lowest BCUT2D eigenvalue weighted by Gasteiger charge is -2.13. The predicted molar refractivity (Wildman–Crippen MR) is 62.8 cm³/mol. The Hall–Kier alpha value is 0.370. The van der Waals surface area contributed by atoms with Crippen molar-refractivity contribution in [3.05, 3.63) is 0 Å². The Bertz CT molecular complexity index is 345. The van der Waals surface area contributed by atoms with Crippen LogP contribution in [-0.4, -0.2) is 47.1 Å². The van der Waals surface area contributed by atoms with E-state index in [-0.39, 0.29) is 6.29 Å². The van der Waals surface area contributed by atoms with Crippen LogP contribution in [0.4, 0.5) is 0 Å². The van der Waals surface area contributed by atoms with Crippen LogP contribution in [0.15, 0.2) is 0 Å². The highest BCUT2D eigenvalue weighted by atomic mass is 31.3. The minimum absolute atomic E-state index is 0.243. The van der Waals surface area contributed by atoms with Crippen molar-refractivity contribution >= 4 is 23.1 Å². The van der Waals surface area contributed by atoms with Crippen LogP contribution in [0.25, 0.3) is 0 Å². The molecular formula is C4H17N2O9P3. The van der Waals surface area contributed by atoms with Crippen molar-refractivity contribution in [2.75, 3.05) is 27.6 Å². The average molecular weight is 330 g/mol. The normalized spacial score (nSPS) is 18.2. The fourth-order valence-electron chi connectivity index (χ4n) is 0.447. The van der Waals surface area contributed by atoms with E-state index in [0.29, 0.717) is 0 Å². The molecule has 2 atom stereocenters. The molecule has 0 aromatic carbocycles. The van der Waals surface area contributed by atoms with E-state index in [9.17, 15) is 13.7 Å². The van der Waals surface area contributed by atoms with Crippen molar-refractivity contribution in [2.45, 2.75) is 0 Å². The molecule has 0 amide bonds. The summed E-state index contributed by atoms with van der Waals surface area (Å²) in [7, 11) is -8.85. The second-order valence-corrected chi connectivity index (χ2v) is 7.94. The van der Waals surface area contributed by atoms with Gasteiger partial charge in [0.1, 0.15) is 0 Å². The quantitative estimate of drug-likeness (QED) is 0.343. The molecule has 14 heteroatoms. The summed E-state index contributed by atoms with van der Waals surface area (Å²) in [4.78, 5) is 34.7. The molecule has 0 heterocycles. The number of nitrogens with one attached hydrogen (secondary N) is 2. The highest BCUT2D eigenvalue weighted by molar-refractivity contribution is 7.66. The van der Waals surface area contributed by atoms with E-state index < -0.39 is 23.1 Å². The third-order valence-electron chi connectivity index (χ3n) is 1.11. The van der Waals surface area contributed by atoms with Crippen molar-refractivity contribution in [3.63, 3.8) is 0 Å². The first-order valence-electron chi connectivity index (χ1n) is 4.15. The second kappa shape index (κ2) is 8.52. The first kappa shape index (κ1) is 20.7. The van der Waals surface area contributed by atoms with Gasteiger partial charge in [-0.3, -0.25) is 13.6 Å². The number of hydrogen-bond donors (Lipinski definition) is 6. The average Bonchev–Trinajstić information content (AvgIpc) is 2.15. The Morgan fingerprint density at radius 3 is 1.39 bits per heavy atom. The lowest BCUT2D eigenvalue weighted by Crippen LogP contribution is -2.08. The van der Waals surface area contributed by atoms with Crippen LogP contribution in [0.2, 0.25) is 0 Å². The van der Waals surface area contributed by atoms with Gasteiger partial charge >= 0.3 is 23.1 Å². The molecule has 0 bridgehead atoms. The molecule has 0 spiro atoms. The molecule has 0 fully saturated rings. The summed E-state index contributed by atoms with van der Waals surface area (Å²) in [6.45, 7) is 0. The Morgan fingerprint density at radius 1 is 0.944 bits per heavy atom. The topological polar surface area (TPSA) is 175 Å². The van der Waals surface area contributed by atoms with Crippen molar-refractivity contribution < 1.29 is 42.3 Å². The van der Waals surface area contributed by atoms with Crippen LogP contribution in [0.5, 0.6) is 0 Å². The molecular weight excluding hydrogens is 313 g/mol. The van der Waals surface area contributed by atoms with Gasteiger partial charge in [-0.25, -0.2) is 9.13 Å². The molecule has 11 nitrogen and oxygen atoms in total. The predicted octanol–water partition coefficient (Wildman–Crippen LogP) is -0.589. The fraction of sp³-hybridized carbons (Fsp3) is 1.00. The van der Waals surface area contributed by atoms with E-state index in [1.807, 2.05) is 0 Å². The summed E-state index contributed by atoms with van der Waals surface area (Å²) in [6.07, 6.45) is -0.243. The smallest absolute Gasteiger partial charge is 0.324 e. The zero-order valence-electron chi connectivity index (χ0n) is 9.88. The summed E-state index contributed by atoms with van der Waals surface area (Å²) in [5.41, 5.74) is 0. The number of hydrogen-bond acceptors (Lipinski definition) is 6. The van der Waals surface area contributed by atoms with Gasteiger partial charge in [0.05, 0.1) is 6.29 Å². The highest BCUT2D eigenvalue weighted by Crippen LogP contribution is 2.50. The number of rotatable bonds is 6. The molecule has 2 unspecified atom stereocenters. The molecule has 0 rings (SSSR count). The summed E-state index contributed by atoms with van der Waals surface area (Å²) in [5, 5.41) is 2.34. The first-order chi connectivity index (χ1) is 7.89. The standard InChI is InChI=1S/C2H9NO6P2.C2H8NO3P/c1-8-10(4,5)3-11(6,7)9-2;1-3-2-7(4,5)6/h1-2H3,(H3,3,4,5,6,7);3H,2H2,1H3,(H2,4,5,6). The van der Waals surface area contributed by atoms with Gasteiger partial charge in [-0.2, -0.15) is 0 Å². The zero-order valence-corrected chi connectivity index (χ0v) is 12.6. The SMILES string of the molecule is CNCP(=O)(O)O.COP(=O)(O)NP(=O)(O)OC. The molecule has 0 saturated carbocycles. The van der Waals surface area contributed by atoms with Gasteiger partial charge in [0.15, 0.2) is 0 Å². The van der Waals surface area contributed by atoms with Gasteiger partial charge in [-0.1, -0.05) is 0 Å². The maximum atomic E-state index is 10.6. The van der Waals surface area contributed by atoms with E-state index in [0.717, 1.165) is 14.2 Å². The lowest BCUT2D eigenvalue weighted by molar-refractivity contribution is 0.284. The van der Waals surface area contributed by atoms with Crippen molar-refractivity contribution in [2.24, 2.45) is 0 Å². The van der Waals surface area contributed by atoms with E-state index in [2.05, 4.69) is 14.4 Å². The molecule has 112 valence electrons.